The Labute approximate surface area is 153 Å². The van der Waals surface area contributed by atoms with Crippen molar-refractivity contribution in [1.82, 2.24) is 4.98 Å². The Kier molecular flexibility index (Phi) is 4.73. The molecule has 0 atom stereocenters. The molecule has 0 unspecified atom stereocenters. The number of rotatable bonds is 4. The summed E-state index contributed by atoms with van der Waals surface area (Å²) >= 11 is 0. The van der Waals surface area contributed by atoms with E-state index >= 15 is 0 Å². The molecule has 2 aromatic carbocycles. The molecule has 0 bridgehead atoms. The number of nitrogens with two attached hydrogens (primary N) is 1. The number of aromatic nitrogens is 1. The van der Waals surface area contributed by atoms with Gasteiger partial charge in [0, 0.05) is 11.6 Å². The zero-order chi connectivity index (χ0) is 19.8. The number of fused-ring (bicyclic) bond motifs is 1. The highest BCUT2D eigenvalue weighted by Gasteiger charge is 2.31. The molecule has 1 aromatic heterocycles. The van der Waals surface area contributed by atoms with Crippen molar-refractivity contribution in [3.05, 3.63) is 54.2 Å². The summed E-state index contributed by atoms with van der Waals surface area (Å²) in [6.07, 6.45) is -3.02. The Morgan fingerprint density at radius 1 is 1.11 bits per heavy atom. The Morgan fingerprint density at radius 3 is 2.37 bits per heavy atom. The third-order valence-corrected chi connectivity index (χ3v) is 5.81. The van der Waals surface area contributed by atoms with E-state index in [2.05, 4.69) is 9.72 Å². The standard InChI is InChI=1S/C18H15F3N2O3S/c1-2-11-3-6-13(7-4-11)27(24,25)16-10-23-15-8-5-12(26-18(19,20)21)9-14(15)17(16)22/h3-10H,2H2,1H3,(H2,22,23). The van der Waals surface area contributed by atoms with Gasteiger partial charge in [0.1, 0.15) is 10.6 Å². The number of anilines is 1. The van der Waals surface area contributed by atoms with Crippen LogP contribution in [0, 0.1) is 0 Å². The number of pyridine rings is 1. The average molecular weight is 396 g/mol. The summed E-state index contributed by atoms with van der Waals surface area (Å²) in [5.74, 6) is -0.509. The van der Waals surface area contributed by atoms with Crippen LogP contribution >= 0.6 is 0 Å². The number of hydrogen-bond acceptors (Lipinski definition) is 5. The van der Waals surface area contributed by atoms with Gasteiger partial charge in [0.25, 0.3) is 0 Å². The van der Waals surface area contributed by atoms with Gasteiger partial charge in [-0.15, -0.1) is 13.2 Å². The number of sulfone groups is 1. The van der Waals surface area contributed by atoms with Crippen molar-refractivity contribution in [3.63, 3.8) is 0 Å². The van der Waals surface area contributed by atoms with Gasteiger partial charge in [-0.25, -0.2) is 8.42 Å². The van der Waals surface area contributed by atoms with Crippen molar-refractivity contribution in [1.29, 1.82) is 0 Å². The van der Waals surface area contributed by atoms with E-state index in [0.29, 0.717) is 0 Å². The molecule has 142 valence electrons. The zero-order valence-corrected chi connectivity index (χ0v) is 14.9. The van der Waals surface area contributed by atoms with Gasteiger partial charge in [0.15, 0.2) is 0 Å². The monoisotopic (exact) mass is 396 g/mol. The molecular formula is C18H15F3N2O3S. The Hall–Kier alpha value is -2.81. The van der Waals surface area contributed by atoms with Gasteiger partial charge in [-0.1, -0.05) is 19.1 Å². The molecule has 27 heavy (non-hydrogen) atoms. The summed E-state index contributed by atoms with van der Waals surface area (Å²) in [4.78, 5) is 3.76. The number of alkyl halides is 3. The Morgan fingerprint density at radius 2 is 1.78 bits per heavy atom. The van der Waals surface area contributed by atoms with E-state index in [4.69, 9.17) is 5.73 Å². The van der Waals surface area contributed by atoms with Gasteiger partial charge in [0.2, 0.25) is 9.84 Å². The first-order valence-electron chi connectivity index (χ1n) is 7.90. The quantitative estimate of drug-likeness (QED) is 0.718. The fraction of sp³-hybridized carbons (Fsp3) is 0.167. The summed E-state index contributed by atoms with van der Waals surface area (Å²) in [6.45, 7) is 1.94. The number of aryl methyl sites for hydroxylation is 1. The lowest BCUT2D eigenvalue weighted by atomic mass is 10.2. The molecule has 9 heteroatoms. The van der Waals surface area contributed by atoms with Gasteiger partial charge in [0.05, 0.1) is 16.1 Å². The second-order valence-electron chi connectivity index (χ2n) is 5.76. The van der Waals surface area contributed by atoms with Crippen LogP contribution in [-0.4, -0.2) is 19.8 Å². The topological polar surface area (TPSA) is 82.3 Å². The van der Waals surface area contributed by atoms with Crippen LogP contribution in [0.3, 0.4) is 0 Å². The van der Waals surface area contributed by atoms with Gasteiger partial charge < -0.3 is 10.5 Å². The van der Waals surface area contributed by atoms with Gasteiger partial charge in [-0.2, -0.15) is 0 Å². The molecule has 1 heterocycles. The smallest absolute Gasteiger partial charge is 0.406 e. The van der Waals surface area contributed by atoms with Gasteiger partial charge >= 0.3 is 6.36 Å². The summed E-state index contributed by atoms with van der Waals surface area (Å²) in [5.41, 5.74) is 7.00. The van der Waals surface area contributed by atoms with E-state index in [-0.39, 0.29) is 26.4 Å². The van der Waals surface area contributed by atoms with Crippen molar-refractivity contribution in [2.45, 2.75) is 29.5 Å². The minimum atomic E-state index is -4.87. The van der Waals surface area contributed by atoms with Crippen LogP contribution < -0.4 is 10.5 Å². The lowest BCUT2D eigenvalue weighted by Crippen LogP contribution is -2.17. The first-order chi connectivity index (χ1) is 12.6. The second kappa shape index (κ2) is 6.73. The number of hydrogen-bond donors (Lipinski definition) is 1. The summed E-state index contributed by atoms with van der Waals surface area (Å²) in [7, 11) is -3.98. The predicted octanol–water partition coefficient (Wildman–Crippen LogP) is 4.11. The Balaban J connectivity index is 2.12. The molecule has 0 amide bonds. The largest absolute Gasteiger partial charge is 0.573 e. The molecule has 3 aromatic rings. The lowest BCUT2D eigenvalue weighted by Gasteiger charge is -2.12. The van der Waals surface area contributed by atoms with Crippen LogP contribution in [0.15, 0.2) is 58.5 Å². The van der Waals surface area contributed by atoms with Crippen molar-refractivity contribution in [2.75, 3.05) is 5.73 Å². The number of nitrogen functional groups attached to an aromatic ring is 1. The highest BCUT2D eigenvalue weighted by atomic mass is 32.2. The van der Waals surface area contributed by atoms with Crippen molar-refractivity contribution in [3.8, 4) is 5.75 Å². The van der Waals surface area contributed by atoms with Crippen LogP contribution in [0.2, 0.25) is 0 Å². The molecule has 0 radical (unpaired) electrons. The fourth-order valence-corrected chi connectivity index (χ4v) is 3.96. The van der Waals surface area contributed by atoms with Crippen LogP contribution in [0.4, 0.5) is 18.9 Å². The van der Waals surface area contributed by atoms with Crippen LogP contribution in [-0.2, 0) is 16.3 Å². The second-order valence-corrected chi connectivity index (χ2v) is 7.68. The maximum absolute atomic E-state index is 12.9. The average Bonchev–Trinajstić information content (AvgIpc) is 2.61. The molecule has 0 saturated heterocycles. The molecule has 0 aliphatic carbocycles. The van der Waals surface area contributed by atoms with E-state index in [1.165, 1.54) is 18.2 Å². The molecule has 0 spiro atoms. The van der Waals surface area contributed by atoms with Crippen LogP contribution in [0.1, 0.15) is 12.5 Å². The Bertz CT molecular complexity index is 1100. The maximum Gasteiger partial charge on any atom is 0.573 e. The molecule has 0 aliphatic rings. The number of nitrogens with zero attached hydrogens (tertiary/aromatic N) is 1. The van der Waals surface area contributed by atoms with Gasteiger partial charge in [-0.3, -0.25) is 4.98 Å². The van der Waals surface area contributed by atoms with E-state index < -0.39 is 21.9 Å². The number of ether oxygens (including phenoxy) is 1. The first-order valence-corrected chi connectivity index (χ1v) is 9.38. The van der Waals surface area contributed by atoms with E-state index in [0.717, 1.165) is 30.3 Å². The van der Waals surface area contributed by atoms with Crippen LogP contribution in [0.5, 0.6) is 5.75 Å². The molecule has 2 N–H and O–H groups in total. The third kappa shape index (κ3) is 3.82. The summed E-state index contributed by atoms with van der Waals surface area (Å²) in [6, 6.07) is 9.67. The summed E-state index contributed by atoms with van der Waals surface area (Å²) < 4.78 is 66.9. The minimum Gasteiger partial charge on any atom is -0.406 e. The van der Waals surface area contributed by atoms with E-state index in [1.807, 2.05) is 6.92 Å². The van der Waals surface area contributed by atoms with Crippen molar-refractivity contribution in [2.24, 2.45) is 0 Å². The van der Waals surface area contributed by atoms with Crippen molar-refractivity contribution >= 4 is 26.4 Å². The highest BCUT2D eigenvalue weighted by molar-refractivity contribution is 7.91. The molecule has 0 fully saturated rings. The summed E-state index contributed by atoms with van der Waals surface area (Å²) in [5, 5.41) is 0.0583. The molecule has 0 saturated carbocycles. The normalized spacial score (nSPS) is 12.3. The van der Waals surface area contributed by atoms with Gasteiger partial charge in [-0.05, 0) is 42.3 Å². The predicted molar refractivity (Wildman–Crippen MR) is 94.1 cm³/mol. The lowest BCUT2D eigenvalue weighted by molar-refractivity contribution is -0.274. The number of benzene rings is 2. The van der Waals surface area contributed by atoms with E-state index in [1.54, 1.807) is 12.1 Å². The fourth-order valence-electron chi connectivity index (χ4n) is 2.62. The molecule has 3 rings (SSSR count). The third-order valence-electron chi connectivity index (χ3n) is 4.01. The molecule has 0 aliphatic heterocycles. The number of halogens is 3. The zero-order valence-electron chi connectivity index (χ0n) is 14.1. The highest BCUT2D eigenvalue weighted by Crippen LogP contribution is 2.33. The molecular weight excluding hydrogens is 381 g/mol. The minimum absolute atomic E-state index is 0.0234. The van der Waals surface area contributed by atoms with Crippen LogP contribution in [0.25, 0.3) is 10.9 Å². The maximum atomic E-state index is 12.9. The first kappa shape index (κ1) is 19.0. The SMILES string of the molecule is CCc1ccc(S(=O)(=O)c2cnc3ccc(OC(F)(F)F)cc3c2N)cc1. The molecule has 5 nitrogen and oxygen atoms in total. The van der Waals surface area contributed by atoms with E-state index in [9.17, 15) is 21.6 Å². The van der Waals surface area contributed by atoms with Crippen molar-refractivity contribution < 1.29 is 26.3 Å².